The van der Waals surface area contributed by atoms with Gasteiger partial charge in [-0.05, 0) is 44.0 Å². The summed E-state index contributed by atoms with van der Waals surface area (Å²) in [5.74, 6) is 0. The molecule has 19 heavy (non-hydrogen) atoms. The van der Waals surface area contributed by atoms with Crippen LogP contribution in [-0.2, 0) is 12.1 Å². The molecule has 3 N–H and O–H groups in total. The smallest absolute Gasteiger partial charge is 0.155 e. The molecule has 0 amide bonds. The first kappa shape index (κ1) is 14.4. The van der Waals surface area contributed by atoms with E-state index in [-0.39, 0.29) is 6.61 Å². The zero-order valence-corrected chi connectivity index (χ0v) is 11.2. The minimum Gasteiger partial charge on any atom is -0.394 e. The summed E-state index contributed by atoms with van der Waals surface area (Å²) in [6.07, 6.45) is 2.04. The standard InChI is InChI=1S/C14H21FN2O2/c1-10-6-11(7-12(19)9-18)8-17-13(10)14(15)2-4-16-5-3-14/h6,8,12,16,18-19H,2-5,7,9H2,1H3/t12-/m1/s1. The lowest BCUT2D eigenvalue weighted by Gasteiger charge is -2.30. The second-order valence-electron chi connectivity index (χ2n) is 5.26. The summed E-state index contributed by atoms with van der Waals surface area (Å²) >= 11 is 0. The van der Waals surface area contributed by atoms with E-state index >= 15 is 0 Å². The second-order valence-corrected chi connectivity index (χ2v) is 5.26. The third-order valence-corrected chi connectivity index (χ3v) is 3.64. The zero-order valence-electron chi connectivity index (χ0n) is 11.2. The fraction of sp³-hybridized carbons (Fsp3) is 0.643. The number of alkyl halides is 1. The summed E-state index contributed by atoms with van der Waals surface area (Å²) in [6.45, 7) is 2.91. The predicted molar refractivity (Wildman–Crippen MR) is 70.7 cm³/mol. The first-order valence-corrected chi connectivity index (χ1v) is 6.70. The molecule has 106 valence electrons. The highest BCUT2D eigenvalue weighted by Crippen LogP contribution is 2.35. The number of aliphatic hydroxyl groups excluding tert-OH is 2. The van der Waals surface area contributed by atoms with Crippen molar-refractivity contribution >= 4 is 0 Å². The number of hydrogen-bond donors (Lipinski definition) is 3. The van der Waals surface area contributed by atoms with Crippen molar-refractivity contribution in [1.29, 1.82) is 0 Å². The van der Waals surface area contributed by atoms with E-state index < -0.39 is 11.8 Å². The van der Waals surface area contributed by atoms with Gasteiger partial charge in [0.05, 0.1) is 18.4 Å². The van der Waals surface area contributed by atoms with E-state index in [2.05, 4.69) is 10.3 Å². The zero-order chi connectivity index (χ0) is 13.9. The Kier molecular flexibility index (Phi) is 4.50. The molecule has 1 atom stereocenters. The van der Waals surface area contributed by atoms with Gasteiger partial charge in [-0.15, -0.1) is 0 Å². The Morgan fingerprint density at radius 3 is 2.74 bits per heavy atom. The van der Waals surface area contributed by atoms with Gasteiger partial charge in [0.1, 0.15) is 0 Å². The lowest BCUT2D eigenvalue weighted by molar-refractivity contribution is 0.0951. The van der Waals surface area contributed by atoms with Gasteiger partial charge < -0.3 is 15.5 Å². The molecule has 1 aliphatic heterocycles. The maximum Gasteiger partial charge on any atom is 0.155 e. The highest BCUT2D eigenvalue weighted by atomic mass is 19.1. The third-order valence-electron chi connectivity index (χ3n) is 3.64. The van der Waals surface area contributed by atoms with Gasteiger partial charge in [0.25, 0.3) is 0 Å². The van der Waals surface area contributed by atoms with Crippen LogP contribution in [0.25, 0.3) is 0 Å². The van der Waals surface area contributed by atoms with Crippen molar-refractivity contribution in [3.05, 3.63) is 29.1 Å². The molecule has 4 nitrogen and oxygen atoms in total. The molecule has 1 aliphatic rings. The molecule has 1 fully saturated rings. The van der Waals surface area contributed by atoms with Gasteiger partial charge in [0, 0.05) is 12.6 Å². The number of nitrogens with one attached hydrogen (secondary N) is 1. The number of halogens is 1. The largest absolute Gasteiger partial charge is 0.394 e. The van der Waals surface area contributed by atoms with Crippen LogP contribution in [-0.4, -0.2) is 41.0 Å². The number of rotatable bonds is 4. The van der Waals surface area contributed by atoms with Crippen molar-refractivity contribution in [2.24, 2.45) is 0 Å². The van der Waals surface area contributed by atoms with Crippen LogP contribution in [0.1, 0.15) is 29.7 Å². The van der Waals surface area contributed by atoms with E-state index in [1.807, 2.05) is 13.0 Å². The highest BCUT2D eigenvalue weighted by molar-refractivity contribution is 5.29. The fourth-order valence-electron chi connectivity index (χ4n) is 2.61. The number of pyridine rings is 1. The average Bonchev–Trinajstić information content (AvgIpc) is 2.39. The van der Waals surface area contributed by atoms with E-state index in [4.69, 9.17) is 5.11 Å². The van der Waals surface area contributed by atoms with Gasteiger partial charge in [-0.1, -0.05) is 6.07 Å². The SMILES string of the molecule is Cc1cc(C[C@@H](O)CO)cnc1C1(F)CCNCC1. The van der Waals surface area contributed by atoms with Crippen molar-refractivity contribution in [2.75, 3.05) is 19.7 Å². The molecule has 2 rings (SSSR count). The number of aliphatic hydroxyl groups is 2. The van der Waals surface area contributed by atoms with Gasteiger partial charge in [-0.3, -0.25) is 4.98 Å². The quantitative estimate of drug-likeness (QED) is 0.757. The first-order chi connectivity index (χ1) is 9.05. The van der Waals surface area contributed by atoms with E-state index in [9.17, 15) is 9.50 Å². The number of hydrogen-bond acceptors (Lipinski definition) is 4. The van der Waals surface area contributed by atoms with Crippen molar-refractivity contribution in [3.63, 3.8) is 0 Å². The van der Waals surface area contributed by atoms with E-state index in [1.54, 1.807) is 6.20 Å². The van der Waals surface area contributed by atoms with Crippen molar-refractivity contribution in [3.8, 4) is 0 Å². The summed E-state index contributed by atoms with van der Waals surface area (Å²) in [5, 5.41) is 21.4. The molecule has 0 saturated carbocycles. The average molecular weight is 268 g/mol. The van der Waals surface area contributed by atoms with Crippen molar-refractivity contribution in [1.82, 2.24) is 10.3 Å². The third kappa shape index (κ3) is 3.29. The predicted octanol–water partition coefficient (Wildman–Crippen LogP) is 0.834. The molecule has 1 aromatic heterocycles. The molecular formula is C14H21FN2O2. The van der Waals surface area contributed by atoms with Crippen LogP contribution in [0.5, 0.6) is 0 Å². The topological polar surface area (TPSA) is 65.4 Å². The molecule has 0 spiro atoms. The summed E-state index contributed by atoms with van der Waals surface area (Å²) in [4.78, 5) is 4.27. The normalized spacial score (nSPS) is 20.2. The summed E-state index contributed by atoms with van der Waals surface area (Å²) in [7, 11) is 0. The van der Waals surface area contributed by atoms with Crippen LogP contribution >= 0.6 is 0 Å². The summed E-state index contributed by atoms with van der Waals surface area (Å²) in [5.41, 5.74) is 0.798. The van der Waals surface area contributed by atoms with Gasteiger partial charge in [0.15, 0.2) is 5.67 Å². The molecule has 1 saturated heterocycles. The van der Waals surface area contributed by atoms with Gasteiger partial charge in [-0.25, -0.2) is 4.39 Å². The van der Waals surface area contributed by atoms with Gasteiger partial charge in [-0.2, -0.15) is 0 Å². The number of nitrogens with zero attached hydrogens (tertiary/aromatic N) is 1. The molecule has 0 unspecified atom stereocenters. The van der Waals surface area contributed by atoms with Crippen LogP contribution in [0, 0.1) is 6.92 Å². The van der Waals surface area contributed by atoms with E-state index in [0.29, 0.717) is 38.0 Å². The van der Waals surface area contributed by atoms with Crippen LogP contribution in [0.3, 0.4) is 0 Å². The molecule has 1 aromatic rings. The van der Waals surface area contributed by atoms with E-state index in [1.165, 1.54) is 0 Å². The molecule has 5 heteroatoms. The fourth-order valence-corrected chi connectivity index (χ4v) is 2.61. The summed E-state index contributed by atoms with van der Waals surface area (Å²) in [6, 6.07) is 1.85. The maximum atomic E-state index is 14.8. The molecular weight excluding hydrogens is 247 g/mol. The van der Waals surface area contributed by atoms with E-state index in [0.717, 1.165) is 11.1 Å². The highest BCUT2D eigenvalue weighted by Gasteiger charge is 2.36. The molecule has 0 bridgehead atoms. The summed E-state index contributed by atoms with van der Waals surface area (Å²) < 4.78 is 14.8. The van der Waals surface area contributed by atoms with Crippen LogP contribution < -0.4 is 5.32 Å². The Bertz CT molecular complexity index is 433. The Hall–Kier alpha value is -1.04. The Morgan fingerprint density at radius 1 is 1.47 bits per heavy atom. The minimum atomic E-state index is -1.34. The number of aryl methyl sites for hydroxylation is 1. The number of aromatic nitrogens is 1. The Labute approximate surface area is 112 Å². The molecule has 0 aromatic carbocycles. The minimum absolute atomic E-state index is 0.278. The molecule has 0 aliphatic carbocycles. The number of piperidine rings is 1. The Morgan fingerprint density at radius 2 is 2.16 bits per heavy atom. The monoisotopic (exact) mass is 268 g/mol. The lowest BCUT2D eigenvalue weighted by Crippen LogP contribution is -2.37. The van der Waals surface area contributed by atoms with Gasteiger partial charge in [0.2, 0.25) is 0 Å². The van der Waals surface area contributed by atoms with Crippen LogP contribution in [0.15, 0.2) is 12.3 Å². The second kappa shape index (κ2) is 5.94. The lowest BCUT2D eigenvalue weighted by atomic mass is 9.87. The van der Waals surface area contributed by atoms with Crippen LogP contribution in [0.2, 0.25) is 0 Å². The van der Waals surface area contributed by atoms with Crippen LogP contribution in [0.4, 0.5) is 4.39 Å². The molecule has 0 radical (unpaired) electrons. The maximum absolute atomic E-state index is 14.8. The van der Waals surface area contributed by atoms with Crippen molar-refractivity contribution < 1.29 is 14.6 Å². The van der Waals surface area contributed by atoms with Gasteiger partial charge >= 0.3 is 0 Å². The van der Waals surface area contributed by atoms with Crippen molar-refractivity contribution in [2.45, 2.75) is 38.0 Å². The Balaban J connectivity index is 2.19. The first-order valence-electron chi connectivity index (χ1n) is 6.70. The molecule has 2 heterocycles.